The van der Waals surface area contributed by atoms with Crippen LogP contribution in [0.15, 0.2) is 0 Å². The zero-order valence-corrected chi connectivity index (χ0v) is 18.7. The third-order valence-electron chi connectivity index (χ3n) is 7.08. The Bertz CT molecular complexity index is 625. The van der Waals surface area contributed by atoms with Gasteiger partial charge in [-0.25, -0.2) is 8.42 Å². The van der Waals surface area contributed by atoms with Crippen LogP contribution in [0.3, 0.4) is 0 Å². The van der Waals surface area contributed by atoms with Crippen LogP contribution in [0.25, 0.3) is 0 Å². The van der Waals surface area contributed by atoms with Crippen molar-refractivity contribution in [2.45, 2.75) is 77.2 Å². The summed E-state index contributed by atoms with van der Waals surface area (Å²) >= 11 is 0. The topological polar surface area (TPSA) is 60.9 Å². The minimum Gasteiger partial charge on any atom is -0.341 e. The van der Waals surface area contributed by atoms with E-state index >= 15 is 0 Å². The third kappa shape index (κ3) is 5.48. The fourth-order valence-corrected chi connectivity index (χ4v) is 6.47. The van der Waals surface area contributed by atoms with Gasteiger partial charge in [0.1, 0.15) is 0 Å². The summed E-state index contributed by atoms with van der Waals surface area (Å²) in [4.78, 5) is 17.6. The molecular weight excluding hydrogens is 374 g/mol. The lowest BCUT2D eigenvalue weighted by Crippen LogP contribution is -2.55. The molecule has 0 bridgehead atoms. The summed E-state index contributed by atoms with van der Waals surface area (Å²) in [6.07, 6.45) is 12.2. The standard InChI is InChI=1S/C21H39N3O3S/c1-21(11-5-3-6-12-21)20(25)23-15-9-10-19(18-23)24(28(2,26)27)17-16-22-13-7-4-8-14-22/h19H,3-18H2,1-2H3. The van der Waals surface area contributed by atoms with Crippen molar-refractivity contribution >= 4 is 15.9 Å². The quantitative estimate of drug-likeness (QED) is 0.672. The van der Waals surface area contributed by atoms with Crippen molar-refractivity contribution in [3.05, 3.63) is 0 Å². The molecule has 1 aliphatic carbocycles. The molecule has 0 N–H and O–H groups in total. The highest BCUT2D eigenvalue weighted by Gasteiger charge is 2.40. The van der Waals surface area contributed by atoms with E-state index in [0.717, 1.165) is 64.7 Å². The summed E-state index contributed by atoms with van der Waals surface area (Å²) in [6, 6.07) is -0.0790. The molecular formula is C21H39N3O3S. The van der Waals surface area contributed by atoms with Crippen molar-refractivity contribution in [3.8, 4) is 0 Å². The Morgan fingerprint density at radius 1 is 1.00 bits per heavy atom. The van der Waals surface area contributed by atoms with Gasteiger partial charge in [-0.3, -0.25) is 4.79 Å². The zero-order chi connectivity index (χ0) is 20.2. The monoisotopic (exact) mass is 413 g/mol. The van der Waals surface area contributed by atoms with Crippen LogP contribution in [0.1, 0.15) is 71.1 Å². The molecule has 0 radical (unpaired) electrons. The average Bonchev–Trinajstić information content (AvgIpc) is 2.68. The van der Waals surface area contributed by atoms with Gasteiger partial charge in [0, 0.05) is 37.6 Å². The number of rotatable bonds is 6. The van der Waals surface area contributed by atoms with Crippen LogP contribution in [0.5, 0.6) is 0 Å². The van der Waals surface area contributed by atoms with E-state index in [1.165, 1.54) is 31.9 Å². The Balaban J connectivity index is 1.64. The number of hydrogen-bond donors (Lipinski definition) is 0. The van der Waals surface area contributed by atoms with Crippen LogP contribution in [0, 0.1) is 5.41 Å². The lowest BCUT2D eigenvalue weighted by atomic mass is 9.74. The summed E-state index contributed by atoms with van der Waals surface area (Å²) in [5.41, 5.74) is -0.246. The van der Waals surface area contributed by atoms with Gasteiger partial charge in [0.05, 0.1) is 6.26 Å². The first-order chi connectivity index (χ1) is 13.3. The second-order valence-corrected chi connectivity index (χ2v) is 11.4. The van der Waals surface area contributed by atoms with Crippen LogP contribution in [0.4, 0.5) is 0 Å². The molecule has 0 aromatic rings. The number of hydrogen-bond acceptors (Lipinski definition) is 4. The van der Waals surface area contributed by atoms with Crippen LogP contribution >= 0.6 is 0 Å². The average molecular weight is 414 g/mol. The summed E-state index contributed by atoms with van der Waals surface area (Å²) in [6.45, 7) is 6.94. The molecule has 3 aliphatic rings. The minimum atomic E-state index is -3.29. The second kappa shape index (κ2) is 9.43. The van der Waals surface area contributed by atoms with Crippen molar-refractivity contribution in [3.63, 3.8) is 0 Å². The fraction of sp³-hybridized carbons (Fsp3) is 0.952. The lowest BCUT2D eigenvalue weighted by Gasteiger charge is -2.43. The van der Waals surface area contributed by atoms with Gasteiger partial charge in [-0.2, -0.15) is 4.31 Å². The summed E-state index contributed by atoms with van der Waals surface area (Å²) in [5.74, 6) is 0.251. The minimum absolute atomic E-state index is 0.0790. The second-order valence-electron chi connectivity index (χ2n) is 9.44. The SMILES string of the molecule is CC1(C(=O)N2CCCC(N(CCN3CCCCC3)S(C)(=O)=O)C2)CCCCC1. The molecule has 2 aliphatic heterocycles. The predicted octanol–water partition coefficient (Wildman–Crippen LogP) is 2.70. The maximum atomic E-state index is 13.2. The van der Waals surface area contributed by atoms with Gasteiger partial charge in [-0.1, -0.05) is 32.6 Å². The van der Waals surface area contributed by atoms with Crippen molar-refractivity contribution in [1.82, 2.24) is 14.1 Å². The van der Waals surface area contributed by atoms with Gasteiger partial charge in [0.15, 0.2) is 0 Å². The largest absolute Gasteiger partial charge is 0.341 e. The number of carbonyl (C=O) groups excluding carboxylic acids is 1. The third-order valence-corrected chi connectivity index (χ3v) is 8.41. The molecule has 28 heavy (non-hydrogen) atoms. The smallest absolute Gasteiger partial charge is 0.228 e. The van der Waals surface area contributed by atoms with Crippen LogP contribution in [-0.4, -0.2) is 80.0 Å². The highest BCUT2D eigenvalue weighted by molar-refractivity contribution is 7.88. The Kier molecular flexibility index (Phi) is 7.42. The van der Waals surface area contributed by atoms with Crippen LogP contribution in [-0.2, 0) is 14.8 Å². The number of nitrogens with zero attached hydrogens (tertiary/aromatic N) is 3. The molecule has 0 aromatic carbocycles. The highest BCUT2D eigenvalue weighted by Crippen LogP contribution is 2.38. The molecule has 1 atom stereocenters. The van der Waals surface area contributed by atoms with E-state index in [1.54, 1.807) is 4.31 Å². The van der Waals surface area contributed by atoms with Crippen molar-refractivity contribution in [2.75, 3.05) is 45.5 Å². The Morgan fingerprint density at radius 3 is 2.29 bits per heavy atom. The van der Waals surface area contributed by atoms with E-state index in [1.807, 2.05) is 4.90 Å². The maximum absolute atomic E-state index is 13.2. The first-order valence-corrected chi connectivity index (χ1v) is 13.1. The van der Waals surface area contributed by atoms with Crippen molar-refractivity contribution in [1.29, 1.82) is 0 Å². The van der Waals surface area contributed by atoms with E-state index in [9.17, 15) is 13.2 Å². The molecule has 1 saturated carbocycles. The first-order valence-electron chi connectivity index (χ1n) is 11.3. The van der Waals surface area contributed by atoms with Crippen LogP contribution < -0.4 is 0 Å². The lowest BCUT2D eigenvalue weighted by molar-refractivity contribution is -0.145. The van der Waals surface area contributed by atoms with E-state index in [2.05, 4.69) is 11.8 Å². The number of carbonyl (C=O) groups is 1. The van der Waals surface area contributed by atoms with Gasteiger partial charge in [0.25, 0.3) is 0 Å². The highest BCUT2D eigenvalue weighted by atomic mass is 32.2. The zero-order valence-electron chi connectivity index (χ0n) is 17.9. The molecule has 3 rings (SSSR count). The van der Waals surface area contributed by atoms with E-state index in [4.69, 9.17) is 0 Å². The van der Waals surface area contributed by atoms with Gasteiger partial charge >= 0.3 is 0 Å². The van der Waals surface area contributed by atoms with Crippen molar-refractivity contribution in [2.24, 2.45) is 5.41 Å². The fourth-order valence-electron chi connectivity index (χ4n) is 5.34. The molecule has 162 valence electrons. The molecule has 1 amide bonds. The van der Waals surface area contributed by atoms with E-state index in [0.29, 0.717) is 13.1 Å². The molecule has 3 fully saturated rings. The Hall–Kier alpha value is -0.660. The van der Waals surface area contributed by atoms with Gasteiger partial charge in [-0.05, 0) is 51.6 Å². The molecule has 1 unspecified atom stereocenters. The molecule has 2 saturated heterocycles. The molecule has 2 heterocycles. The number of piperidine rings is 2. The van der Waals surface area contributed by atoms with Crippen LogP contribution in [0.2, 0.25) is 0 Å². The molecule has 6 nitrogen and oxygen atoms in total. The maximum Gasteiger partial charge on any atom is 0.228 e. The van der Waals surface area contributed by atoms with Gasteiger partial charge < -0.3 is 9.80 Å². The summed E-state index contributed by atoms with van der Waals surface area (Å²) < 4.78 is 26.8. The molecule has 7 heteroatoms. The molecule has 0 spiro atoms. The predicted molar refractivity (Wildman–Crippen MR) is 113 cm³/mol. The van der Waals surface area contributed by atoms with E-state index in [-0.39, 0.29) is 17.4 Å². The number of likely N-dealkylation sites (tertiary alicyclic amines) is 2. The Morgan fingerprint density at radius 2 is 1.64 bits per heavy atom. The van der Waals surface area contributed by atoms with Gasteiger partial charge in [0.2, 0.25) is 15.9 Å². The first kappa shape index (κ1) is 22.0. The molecule has 0 aromatic heterocycles. The van der Waals surface area contributed by atoms with Gasteiger partial charge in [-0.15, -0.1) is 0 Å². The summed E-state index contributed by atoms with van der Waals surface area (Å²) in [7, 11) is -3.29. The van der Waals surface area contributed by atoms with E-state index < -0.39 is 10.0 Å². The number of sulfonamides is 1. The normalized spacial score (nSPS) is 27.1. The van der Waals surface area contributed by atoms with Crippen molar-refractivity contribution < 1.29 is 13.2 Å². The summed E-state index contributed by atoms with van der Waals surface area (Å²) in [5, 5.41) is 0. The Labute approximate surface area is 171 Å². The number of amides is 1.